The predicted octanol–water partition coefficient (Wildman–Crippen LogP) is 3.44. The van der Waals surface area contributed by atoms with Gasteiger partial charge in [0.05, 0.1) is 0 Å². The number of aryl methyl sites for hydroxylation is 2. The normalized spacial score (nSPS) is 10.5. The Bertz CT molecular complexity index is 479. The summed E-state index contributed by atoms with van der Waals surface area (Å²) in [6, 6.07) is 3.60. The van der Waals surface area contributed by atoms with E-state index >= 15 is 0 Å². The van der Waals surface area contributed by atoms with Crippen LogP contribution >= 0.6 is 11.3 Å². The van der Waals surface area contributed by atoms with Crippen molar-refractivity contribution in [2.75, 3.05) is 0 Å². The first-order chi connectivity index (χ1) is 7.22. The van der Waals surface area contributed by atoms with Crippen molar-refractivity contribution in [1.82, 2.24) is 0 Å². The summed E-state index contributed by atoms with van der Waals surface area (Å²) in [5.41, 5.74) is 1.76. The van der Waals surface area contributed by atoms with Gasteiger partial charge in [-0.15, -0.1) is 0 Å². The number of ketones is 1. The quantitative estimate of drug-likeness (QED) is 0.742. The van der Waals surface area contributed by atoms with E-state index in [1.807, 2.05) is 30.7 Å². The largest absolute Gasteiger partial charge is 0.458 e. The first kappa shape index (κ1) is 10.2. The first-order valence-corrected chi connectivity index (χ1v) is 5.83. The topological polar surface area (TPSA) is 30.2 Å². The maximum absolute atomic E-state index is 12.0. The molecule has 2 aromatic rings. The van der Waals surface area contributed by atoms with Crippen LogP contribution in [0.1, 0.15) is 34.4 Å². The van der Waals surface area contributed by atoms with Crippen LogP contribution in [-0.4, -0.2) is 5.78 Å². The molecule has 78 valence electrons. The van der Waals surface area contributed by atoms with Crippen molar-refractivity contribution in [3.05, 3.63) is 45.5 Å². The van der Waals surface area contributed by atoms with Crippen LogP contribution in [-0.2, 0) is 6.42 Å². The molecule has 2 rings (SSSR count). The molecule has 0 saturated heterocycles. The molecule has 0 bridgehead atoms. The molecule has 0 aliphatic rings. The lowest BCUT2D eigenvalue weighted by molar-refractivity contribution is 0.101. The molecular formula is C12H12O2S. The molecule has 0 spiro atoms. The Morgan fingerprint density at radius 1 is 1.40 bits per heavy atom. The summed E-state index contributed by atoms with van der Waals surface area (Å²) < 4.78 is 5.43. The minimum absolute atomic E-state index is 0.0200. The molecule has 0 N–H and O–H groups in total. The van der Waals surface area contributed by atoms with Crippen LogP contribution in [0.3, 0.4) is 0 Å². The molecule has 15 heavy (non-hydrogen) atoms. The van der Waals surface area contributed by atoms with Crippen LogP contribution in [0.15, 0.2) is 27.3 Å². The molecule has 0 saturated carbocycles. The van der Waals surface area contributed by atoms with Crippen molar-refractivity contribution in [3.8, 4) is 0 Å². The number of hydrogen-bond acceptors (Lipinski definition) is 3. The molecule has 0 fully saturated rings. The van der Waals surface area contributed by atoms with Gasteiger partial charge in [-0.2, -0.15) is 11.3 Å². The molecule has 0 aliphatic heterocycles. The maximum atomic E-state index is 12.0. The first-order valence-electron chi connectivity index (χ1n) is 4.88. The van der Waals surface area contributed by atoms with Crippen LogP contribution in [0.4, 0.5) is 0 Å². The molecule has 0 aromatic carbocycles. The third kappa shape index (κ3) is 1.88. The Balaban J connectivity index is 2.32. The van der Waals surface area contributed by atoms with Crippen LogP contribution in [0.5, 0.6) is 0 Å². The molecular weight excluding hydrogens is 208 g/mol. The van der Waals surface area contributed by atoms with Gasteiger partial charge in [-0.1, -0.05) is 6.92 Å². The molecule has 0 radical (unpaired) electrons. The van der Waals surface area contributed by atoms with Crippen LogP contribution in [0, 0.1) is 6.92 Å². The van der Waals surface area contributed by atoms with Gasteiger partial charge in [-0.25, -0.2) is 0 Å². The van der Waals surface area contributed by atoms with Crippen molar-refractivity contribution in [1.29, 1.82) is 0 Å². The minimum Gasteiger partial charge on any atom is -0.458 e. The Labute approximate surface area is 92.5 Å². The Hall–Kier alpha value is -1.35. The van der Waals surface area contributed by atoms with Crippen LogP contribution < -0.4 is 0 Å². The fourth-order valence-corrected chi connectivity index (χ4v) is 2.24. The number of carbonyl (C=O) groups is 1. The summed E-state index contributed by atoms with van der Waals surface area (Å²) >= 11 is 1.54. The Morgan fingerprint density at radius 2 is 2.20 bits per heavy atom. The zero-order valence-electron chi connectivity index (χ0n) is 8.74. The van der Waals surface area contributed by atoms with Gasteiger partial charge in [0, 0.05) is 17.4 Å². The van der Waals surface area contributed by atoms with Gasteiger partial charge in [0.2, 0.25) is 5.78 Å². The standard InChI is InChI=1S/C12H12O2S/c1-3-9-4-5-11(14-9)12(13)10-7-15-6-8(10)2/h4-7H,3H2,1-2H3. The van der Waals surface area contributed by atoms with E-state index in [0.29, 0.717) is 5.76 Å². The highest BCUT2D eigenvalue weighted by Gasteiger charge is 2.15. The number of hydrogen-bond donors (Lipinski definition) is 0. The number of furan rings is 1. The van der Waals surface area contributed by atoms with Crippen molar-refractivity contribution < 1.29 is 9.21 Å². The van der Waals surface area contributed by atoms with E-state index in [2.05, 4.69) is 0 Å². The van der Waals surface area contributed by atoms with Crippen molar-refractivity contribution in [2.45, 2.75) is 20.3 Å². The summed E-state index contributed by atoms with van der Waals surface area (Å²) in [7, 11) is 0. The third-order valence-electron chi connectivity index (χ3n) is 2.33. The number of carbonyl (C=O) groups excluding carboxylic acids is 1. The second-order valence-corrected chi connectivity index (χ2v) is 4.16. The van der Waals surface area contributed by atoms with Gasteiger partial charge in [0.1, 0.15) is 5.76 Å². The lowest BCUT2D eigenvalue weighted by atomic mass is 10.1. The van der Waals surface area contributed by atoms with E-state index in [-0.39, 0.29) is 5.78 Å². The van der Waals surface area contributed by atoms with Gasteiger partial charge in [-0.3, -0.25) is 4.79 Å². The highest BCUT2D eigenvalue weighted by atomic mass is 32.1. The summed E-state index contributed by atoms with van der Waals surface area (Å²) in [6.45, 7) is 3.94. The van der Waals surface area contributed by atoms with Gasteiger partial charge >= 0.3 is 0 Å². The lowest BCUT2D eigenvalue weighted by Crippen LogP contribution is -1.99. The Kier molecular flexibility index (Phi) is 2.73. The van der Waals surface area contributed by atoms with Gasteiger partial charge < -0.3 is 4.42 Å². The van der Waals surface area contributed by atoms with Crippen LogP contribution in [0.2, 0.25) is 0 Å². The highest BCUT2D eigenvalue weighted by Crippen LogP contribution is 2.19. The number of rotatable bonds is 3. The fraction of sp³-hybridized carbons (Fsp3) is 0.250. The van der Waals surface area contributed by atoms with E-state index in [1.54, 1.807) is 6.07 Å². The van der Waals surface area contributed by atoms with Crippen LogP contribution in [0.25, 0.3) is 0 Å². The van der Waals surface area contributed by atoms with Gasteiger partial charge in [-0.05, 0) is 30.0 Å². The van der Waals surface area contributed by atoms with Gasteiger partial charge in [0.15, 0.2) is 5.76 Å². The zero-order chi connectivity index (χ0) is 10.8. The molecule has 0 aliphatic carbocycles. The van der Waals surface area contributed by atoms with E-state index < -0.39 is 0 Å². The van der Waals surface area contributed by atoms with Crippen molar-refractivity contribution in [3.63, 3.8) is 0 Å². The van der Waals surface area contributed by atoms with E-state index in [9.17, 15) is 4.79 Å². The molecule has 2 nitrogen and oxygen atoms in total. The minimum atomic E-state index is -0.0200. The summed E-state index contributed by atoms with van der Waals surface area (Å²) in [4.78, 5) is 12.0. The van der Waals surface area contributed by atoms with E-state index in [4.69, 9.17) is 4.42 Å². The molecule has 2 heterocycles. The third-order valence-corrected chi connectivity index (χ3v) is 3.20. The average molecular weight is 220 g/mol. The summed E-state index contributed by atoms with van der Waals surface area (Å²) in [5.74, 6) is 1.27. The number of thiophene rings is 1. The summed E-state index contributed by atoms with van der Waals surface area (Å²) in [6.07, 6.45) is 0.815. The van der Waals surface area contributed by atoms with Crippen molar-refractivity contribution >= 4 is 17.1 Å². The fourth-order valence-electron chi connectivity index (χ4n) is 1.42. The van der Waals surface area contributed by atoms with Gasteiger partial charge in [0.25, 0.3) is 0 Å². The molecule has 2 aromatic heterocycles. The van der Waals surface area contributed by atoms with E-state index in [1.165, 1.54) is 11.3 Å². The zero-order valence-corrected chi connectivity index (χ0v) is 9.56. The molecule has 0 amide bonds. The second kappa shape index (κ2) is 4.03. The SMILES string of the molecule is CCc1ccc(C(=O)c2cscc2C)o1. The molecule has 3 heteroatoms. The highest BCUT2D eigenvalue weighted by molar-refractivity contribution is 7.08. The lowest BCUT2D eigenvalue weighted by Gasteiger charge is -1.95. The predicted molar refractivity (Wildman–Crippen MR) is 60.6 cm³/mol. The molecule has 0 unspecified atom stereocenters. The smallest absolute Gasteiger partial charge is 0.229 e. The summed E-state index contributed by atoms with van der Waals surface area (Å²) in [5, 5.41) is 3.84. The monoisotopic (exact) mass is 220 g/mol. The average Bonchev–Trinajstić information content (AvgIpc) is 2.84. The van der Waals surface area contributed by atoms with E-state index in [0.717, 1.165) is 23.3 Å². The molecule has 0 atom stereocenters. The maximum Gasteiger partial charge on any atom is 0.229 e. The second-order valence-electron chi connectivity index (χ2n) is 3.42. The Morgan fingerprint density at radius 3 is 2.73 bits per heavy atom. The van der Waals surface area contributed by atoms with Crippen molar-refractivity contribution in [2.24, 2.45) is 0 Å².